The van der Waals surface area contributed by atoms with Gasteiger partial charge in [0.25, 0.3) is 0 Å². The van der Waals surface area contributed by atoms with E-state index < -0.39 is 0 Å². The summed E-state index contributed by atoms with van der Waals surface area (Å²) in [4.78, 5) is 2.55. The predicted molar refractivity (Wildman–Crippen MR) is 56.0 cm³/mol. The molecule has 13 heavy (non-hydrogen) atoms. The number of nitrogens with zero attached hydrogens (tertiary/aromatic N) is 1. The van der Waals surface area contributed by atoms with Gasteiger partial charge in [-0.15, -0.1) is 0 Å². The predicted octanol–water partition coefficient (Wildman–Crippen LogP) is 2.29. The molecule has 1 aliphatic heterocycles. The Morgan fingerprint density at radius 3 is 2.38 bits per heavy atom. The van der Waals surface area contributed by atoms with Gasteiger partial charge in [-0.05, 0) is 32.2 Å². The van der Waals surface area contributed by atoms with Crippen molar-refractivity contribution in [3.8, 4) is 0 Å². The highest BCUT2D eigenvalue weighted by molar-refractivity contribution is 4.71. The second-order valence-electron chi connectivity index (χ2n) is 3.91. The van der Waals surface area contributed by atoms with Crippen LogP contribution in [0.25, 0.3) is 0 Å². The van der Waals surface area contributed by atoms with Crippen molar-refractivity contribution < 1.29 is 4.74 Å². The fourth-order valence-electron chi connectivity index (χ4n) is 1.90. The molecule has 0 radical (unpaired) electrons. The zero-order chi connectivity index (χ0) is 9.52. The average Bonchev–Trinajstić information content (AvgIpc) is 2.17. The molecular weight excluding hydrogens is 162 g/mol. The number of hydrogen-bond donors (Lipinski definition) is 0. The molecule has 0 unspecified atom stereocenters. The lowest BCUT2D eigenvalue weighted by atomic mass is 10.1. The summed E-state index contributed by atoms with van der Waals surface area (Å²) in [5, 5.41) is 0. The summed E-state index contributed by atoms with van der Waals surface area (Å²) in [5.74, 6) is 0. The van der Waals surface area contributed by atoms with Gasteiger partial charge in [-0.3, -0.25) is 0 Å². The SMILES string of the molecule is CCCOC1CCN(CCC)CC1. The number of hydrogen-bond acceptors (Lipinski definition) is 2. The normalized spacial score (nSPS) is 20.8. The van der Waals surface area contributed by atoms with E-state index in [9.17, 15) is 0 Å². The second-order valence-corrected chi connectivity index (χ2v) is 3.91. The summed E-state index contributed by atoms with van der Waals surface area (Å²) in [5.41, 5.74) is 0. The van der Waals surface area contributed by atoms with Crippen LogP contribution in [0.15, 0.2) is 0 Å². The van der Waals surface area contributed by atoms with Gasteiger partial charge in [0.1, 0.15) is 0 Å². The maximum atomic E-state index is 5.73. The molecule has 1 rings (SSSR count). The highest BCUT2D eigenvalue weighted by Gasteiger charge is 2.18. The molecule has 0 aromatic heterocycles. The largest absolute Gasteiger partial charge is 0.378 e. The summed E-state index contributed by atoms with van der Waals surface area (Å²) in [6.45, 7) is 9.11. The first-order valence-corrected chi connectivity index (χ1v) is 5.70. The highest BCUT2D eigenvalue weighted by atomic mass is 16.5. The van der Waals surface area contributed by atoms with Crippen LogP contribution in [0.2, 0.25) is 0 Å². The van der Waals surface area contributed by atoms with Gasteiger partial charge < -0.3 is 9.64 Å². The van der Waals surface area contributed by atoms with E-state index in [2.05, 4.69) is 18.7 Å². The highest BCUT2D eigenvalue weighted by Crippen LogP contribution is 2.13. The molecule has 0 N–H and O–H groups in total. The fraction of sp³-hybridized carbons (Fsp3) is 1.00. The van der Waals surface area contributed by atoms with Crippen LogP contribution in [0, 0.1) is 0 Å². The molecule has 0 aromatic carbocycles. The van der Waals surface area contributed by atoms with Gasteiger partial charge in [0.05, 0.1) is 6.10 Å². The first-order chi connectivity index (χ1) is 6.36. The third-order valence-corrected chi connectivity index (χ3v) is 2.63. The third-order valence-electron chi connectivity index (χ3n) is 2.63. The maximum absolute atomic E-state index is 5.73. The molecular formula is C11H23NO. The van der Waals surface area contributed by atoms with Crippen LogP contribution in [0.3, 0.4) is 0 Å². The number of likely N-dealkylation sites (tertiary alicyclic amines) is 1. The van der Waals surface area contributed by atoms with E-state index in [4.69, 9.17) is 4.74 Å². The lowest BCUT2D eigenvalue weighted by molar-refractivity contribution is 0.00798. The second kappa shape index (κ2) is 6.39. The molecule has 1 heterocycles. The molecule has 0 bridgehead atoms. The molecule has 1 aliphatic rings. The Balaban J connectivity index is 2.08. The monoisotopic (exact) mass is 185 g/mol. The van der Waals surface area contributed by atoms with E-state index >= 15 is 0 Å². The standard InChI is InChI=1S/C11H23NO/c1-3-7-12-8-5-11(6-9-12)13-10-4-2/h11H,3-10H2,1-2H3. The Morgan fingerprint density at radius 1 is 1.15 bits per heavy atom. The van der Waals surface area contributed by atoms with Gasteiger partial charge in [0.15, 0.2) is 0 Å². The molecule has 0 aliphatic carbocycles. The lowest BCUT2D eigenvalue weighted by Gasteiger charge is -2.31. The molecule has 0 atom stereocenters. The van der Waals surface area contributed by atoms with Crippen LogP contribution >= 0.6 is 0 Å². The van der Waals surface area contributed by atoms with E-state index in [1.807, 2.05) is 0 Å². The van der Waals surface area contributed by atoms with E-state index in [1.54, 1.807) is 0 Å². The summed E-state index contributed by atoms with van der Waals surface area (Å²) in [7, 11) is 0. The molecule has 1 saturated heterocycles. The van der Waals surface area contributed by atoms with Crippen LogP contribution < -0.4 is 0 Å². The van der Waals surface area contributed by atoms with E-state index in [-0.39, 0.29) is 0 Å². The summed E-state index contributed by atoms with van der Waals surface area (Å²) < 4.78 is 5.73. The minimum atomic E-state index is 0.549. The third kappa shape index (κ3) is 4.10. The van der Waals surface area contributed by atoms with Crippen molar-refractivity contribution in [2.45, 2.75) is 45.6 Å². The maximum Gasteiger partial charge on any atom is 0.0599 e. The average molecular weight is 185 g/mol. The van der Waals surface area contributed by atoms with Crippen molar-refractivity contribution >= 4 is 0 Å². The molecule has 78 valence electrons. The first kappa shape index (κ1) is 11.0. The Bertz CT molecular complexity index is 119. The van der Waals surface area contributed by atoms with E-state index in [1.165, 1.54) is 38.9 Å². The van der Waals surface area contributed by atoms with Crippen molar-refractivity contribution in [3.63, 3.8) is 0 Å². The first-order valence-electron chi connectivity index (χ1n) is 5.70. The molecule has 0 amide bonds. The molecule has 0 aromatic rings. The quantitative estimate of drug-likeness (QED) is 0.651. The van der Waals surface area contributed by atoms with E-state index in [0.717, 1.165) is 13.0 Å². The molecule has 1 fully saturated rings. The van der Waals surface area contributed by atoms with Crippen molar-refractivity contribution in [2.24, 2.45) is 0 Å². The van der Waals surface area contributed by atoms with Crippen molar-refractivity contribution in [1.82, 2.24) is 4.90 Å². The molecule has 2 nitrogen and oxygen atoms in total. The Kier molecular flexibility index (Phi) is 5.40. The van der Waals surface area contributed by atoms with Gasteiger partial charge in [0, 0.05) is 19.7 Å². The van der Waals surface area contributed by atoms with Crippen molar-refractivity contribution in [3.05, 3.63) is 0 Å². The fourth-order valence-corrected chi connectivity index (χ4v) is 1.90. The van der Waals surface area contributed by atoms with Crippen LogP contribution in [-0.4, -0.2) is 37.2 Å². The summed E-state index contributed by atoms with van der Waals surface area (Å²) in [6.07, 6.45) is 5.45. The van der Waals surface area contributed by atoms with Gasteiger partial charge in [-0.1, -0.05) is 13.8 Å². The number of rotatable bonds is 5. The zero-order valence-electron chi connectivity index (χ0n) is 9.09. The van der Waals surface area contributed by atoms with Crippen molar-refractivity contribution in [2.75, 3.05) is 26.2 Å². The van der Waals surface area contributed by atoms with E-state index in [0.29, 0.717) is 6.10 Å². The molecule has 2 heteroatoms. The summed E-state index contributed by atoms with van der Waals surface area (Å²) in [6, 6.07) is 0. The van der Waals surface area contributed by atoms with Gasteiger partial charge in [0.2, 0.25) is 0 Å². The Morgan fingerprint density at radius 2 is 1.85 bits per heavy atom. The Labute approximate surface area is 82.3 Å². The zero-order valence-corrected chi connectivity index (χ0v) is 9.09. The van der Waals surface area contributed by atoms with Crippen LogP contribution in [0.5, 0.6) is 0 Å². The van der Waals surface area contributed by atoms with Crippen LogP contribution in [-0.2, 0) is 4.74 Å². The number of ether oxygens (including phenoxy) is 1. The minimum absolute atomic E-state index is 0.549. The van der Waals surface area contributed by atoms with Gasteiger partial charge in [-0.25, -0.2) is 0 Å². The lowest BCUT2D eigenvalue weighted by Crippen LogP contribution is -2.37. The Hall–Kier alpha value is -0.0800. The summed E-state index contributed by atoms with van der Waals surface area (Å²) >= 11 is 0. The minimum Gasteiger partial charge on any atom is -0.378 e. The van der Waals surface area contributed by atoms with Crippen LogP contribution in [0.4, 0.5) is 0 Å². The topological polar surface area (TPSA) is 12.5 Å². The van der Waals surface area contributed by atoms with Gasteiger partial charge >= 0.3 is 0 Å². The molecule has 0 spiro atoms. The van der Waals surface area contributed by atoms with Crippen LogP contribution in [0.1, 0.15) is 39.5 Å². The number of piperidine rings is 1. The molecule has 0 saturated carbocycles. The van der Waals surface area contributed by atoms with Crippen molar-refractivity contribution in [1.29, 1.82) is 0 Å². The van der Waals surface area contributed by atoms with Gasteiger partial charge in [-0.2, -0.15) is 0 Å². The smallest absolute Gasteiger partial charge is 0.0599 e.